The largest absolute Gasteiger partial charge is 0.368 e. The zero-order chi connectivity index (χ0) is 12.0. The first kappa shape index (κ1) is 12.4. The summed E-state index contributed by atoms with van der Waals surface area (Å²) >= 11 is 0. The standard InChI is InChI=1S/C11H18N4O/c1-8(15-9(2)16)7-14-11-10(6-12)4-3-5-13-11/h3-5,8H,6-7,12H2,1-2H3,(H,13,14)(H,15,16). The third-order valence-electron chi connectivity index (χ3n) is 2.14. The second-order valence-electron chi connectivity index (χ2n) is 3.70. The summed E-state index contributed by atoms with van der Waals surface area (Å²) in [6.45, 7) is 4.51. The summed E-state index contributed by atoms with van der Waals surface area (Å²) in [6, 6.07) is 3.84. The van der Waals surface area contributed by atoms with Crippen LogP contribution in [0, 0.1) is 0 Å². The van der Waals surface area contributed by atoms with E-state index in [0.29, 0.717) is 13.1 Å². The van der Waals surface area contributed by atoms with Crippen LogP contribution < -0.4 is 16.4 Å². The highest BCUT2D eigenvalue weighted by Crippen LogP contribution is 2.09. The van der Waals surface area contributed by atoms with Crippen LogP contribution in [0.2, 0.25) is 0 Å². The summed E-state index contributed by atoms with van der Waals surface area (Å²) < 4.78 is 0. The Morgan fingerprint density at radius 3 is 3.00 bits per heavy atom. The molecule has 0 aliphatic carbocycles. The van der Waals surface area contributed by atoms with Crippen LogP contribution in [0.15, 0.2) is 18.3 Å². The van der Waals surface area contributed by atoms with Crippen LogP contribution in [-0.2, 0) is 11.3 Å². The number of pyridine rings is 1. The lowest BCUT2D eigenvalue weighted by molar-refractivity contribution is -0.119. The van der Waals surface area contributed by atoms with Gasteiger partial charge >= 0.3 is 0 Å². The van der Waals surface area contributed by atoms with Crippen LogP contribution in [0.5, 0.6) is 0 Å². The third kappa shape index (κ3) is 3.86. The zero-order valence-corrected chi connectivity index (χ0v) is 9.66. The Balaban J connectivity index is 2.50. The molecule has 1 amide bonds. The molecule has 0 aliphatic heterocycles. The van der Waals surface area contributed by atoms with Crippen molar-refractivity contribution in [3.05, 3.63) is 23.9 Å². The number of hydrogen-bond donors (Lipinski definition) is 3. The number of rotatable bonds is 5. The van der Waals surface area contributed by atoms with E-state index in [0.717, 1.165) is 11.4 Å². The molecular weight excluding hydrogens is 204 g/mol. The monoisotopic (exact) mass is 222 g/mol. The van der Waals surface area contributed by atoms with Crippen molar-refractivity contribution < 1.29 is 4.79 Å². The summed E-state index contributed by atoms with van der Waals surface area (Å²) in [7, 11) is 0. The van der Waals surface area contributed by atoms with Gasteiger partial charge in [-0.1, -0.05) is 6.07 Å². The lowest BCUT2D eigenvalue weighted by Gasteiger charge is -2.15. The number of amides is 1. The maximum absolute atomic E-state index is 10.8. The number of aromatic nitrogens is 1. The molecule has 0 aliphatic rings. The number of anilines is 1. The van der Waals surface area contributed by atoms with Crippen molar-refractivity contribution in [1.29, 1.82) is 0 Å². The lowest BCUT2D eigenvalue weighted by Crippen LogP contribution is -2.36. The van der Waals surface area contributed by atoms with E-state index in [2.05, 4.69) is 15.6 Å². The quantitative estimate of drug-likeness (QED) is 0.677. The number of carbonyl (C=O) groups excluding carboxylic acids is 1. The van der Waals surface area contributed by atoms with E-state index in [1.54, 1.807) is 6.20 Å². The fourth-order valence-corrected chi connectivity index (χ4v) is 1.41. The Morgan fingerprint density at radius 2 is 2.38 bits per heavy atom. The highest BCUT2D eigenvalue weighted by molar-refractivity contribution is 5.73. The molecule has 1 heterocycles. The maximum atomic E-state index is 10.8. The summed E-state index contributed by atoms with van der Waals surface area (Å²) in [6.07, 6.45) is 1.71. The predicted octanol–water partition coefficient (Wildman–Crippen LogP) is 0.477. The lowest BCUT2D eigenvalue weighted by atomic mass is 10.2. The van der Waals surface area contributed by atoms with E-state index in [1.807, 2.05) is 19.1 Å². The van der Waals surface area contributed by atoms with Crippen molar-refractivity contribution in [3.63, 3.8) is 0 Å². The van der Waals surface area contributed by atoms with Crippen LogP contribution >= 0.6 is 0 Å². The summed E-state index contributed by atoms with van der Waals surface area (Å²) in [4.78, 5) is 15.0. The van der Waals surface area contributed by atoms with Crippen molar-refractivity contribution in [2.45, 2.75) is 26.4 Å². The minimum atomic E-state index is -0.0330. The first-order valence-electron chi connectivity index (χ1n) is 5.28. The third-order valence-corrected chi connectivity index (χ3v) is 2.14. The van der Waals surface area contributed by atoms with Crippen LogP contribution in [0.4, 0.5) is 5.82 Å². The van der Waals surface area contributed by atoms with E-state index in [4.69, 9.17) is 5.73 Å². The van der Waals surface area contributed by atoms with E-state index in [9.17, 15) is 4.79 Å². The Labute approximate surface area is 95.4 Å². The van der Waals surface area contributed by atoms with Gasteiger partial charge in [-0.15, -0.1) is 0 Å². The topological polar surface area (TPSA) is 80.0 Å². The highest BCUT2D eigenvalue weighted by Gasteiger charge is 2.05. The Bertz CT molecular complexity index is 354. The van der Waals surface area contributed by atoms with Crippen molar-refractivity contribution in [2.75, 3.05) is 11.9 Å². The van der Waals surface area contributed by atoms with Gasteiger partial charge in [0, 0.05) is 37.8 Å². The molecular formula is C11H18N4O. The van der Waals surface area contributed by atoms with E-state index >= 15 is 0 Å². The molecule has 0 fully saturated rings. The van der Waals surface area contributed by atoms with Gasteiger partial charge in [-0.2, -0.15) is 0 Å². The fraction of sp³-hybridized carbons (Fsp3) is 0.455. The van der Waals surface area contributed by atoms with E-state index in [1.165, 1.54) is 6.92 Å². The first-order chi connectivity index (χ1) is 7.63. The summed E-state index contributed by atoms with van der Waals surface area (Å²) in [5, 5.41) is 5.95. The van der Waals surface area contributed by atoms with Crippen LogP contribution in [0.1, 0.15) is 19.4 Å². The highest BCUT2D eigenvalue weighted by atomic mass is 16.1. The molecule has 0 bridgehead atoms. The fourth-order valence-electron chi connectivity index (χ4n) is 1.41. The average Bonchev–Trinajstić information content (AvgIpc) is 2.26. The molecule has 0 spiro atoms. The number of nitrogens with one attached hydrogen (secondary N) is 2. The van der Waals surface area contributed by atoms with Crippen molar-refractivity contribution in [2.24, 2.45) is 5.73 Å². The molecule has 16 heavy (non-hydrogen) atoms. The Morgan fingerprint density at radius 1 is 1.62 bits per heavy atom. The van der Waals surface area contributed by atoms with Gasteiger partial charge in [-0.05, 0) is 13.0 Å². The molecule has 0 saturated heterocycles. The van der Waals surface area contributed by atoms with E-state index < -0.39 is 0 Å². The minimum Gasteiger partial charge on any atom is -0.368 e. The van der Waals surface area contributed by atoms with Gasteiger partial charge in [0.15, 0.2) is 0 Å². The van der Waals surface area contributed by atoms with Crippen molar-refractivity contribution >= 4 is 11.7 Å². The number of nitrogens with two attached hydrogens (primary N) is 1. The molecule has 1 aromatic heterocycles. The number of hydrogen-bond acceptors (Lipinski definition) is 4. The first-order valence-corrected chi connectivity index (χ1v) is 5.28. The zero-order valence-electron chi connectivity index (χ0n) is 9.66. The smallest absolute Gasteiger partial charge is 0.217 e. The van der Waals surface area contributed by atoms with Gasteiger partial charge in [-0.25, -0.2) is 4.98 Å². The molecule has 5 heteroatoms. The van der Waals surface area contributed by atoms with Gasteiger partial charge in [-0.3, -0.25) is 4.79 Å². The summed E-state index contributed by atoms with van der Waals surface area (Å²) in [5.74, 6) is 0.747. The maximum Gasteiger partial charge on any atom is 0.217 e. The number of nitrogens with zero attached hydrogens (tertiary/aromatic N) is 1. The minimum absolute atomic E-state index is 0.0330. The predicted molar refractivity (Wildman–Crippen MR) is 63.9 cm³/mol. The van der Waals surface area contributed by atoms with E-state index in [-0.39, 0.29) is 11.9 Å². The normalized spacial score (nSPS) is 11.9. The molecule has 0 saturated carbocycles. The van der Waals surface area contributed by atoms with Crippen molar-refractivity contribution in [1.82, 2.24) is 10.3 Å². The molecule has 5 nitrogen and oxygen atoms in total. The molecule has 1 rings (SSSR count). The van der Waals surface area contributed by atoms with Crippen LogP contribution in [-0.4, -0.2) is 23.5 Å². The molecule has 4 N–H and O–H groups in total. The molecule has 88 valence electrons. The van der Waals surface area contributed by atoms with Crippen LogP contribution in [0.3, 0.4) is 0 Å². The second kappa shape index (κ2) is 6.07. The SMILES string of the molecule is CC(=O)NC(C)CNc1ncccc1CN. The summed E-state index contributed by atoms with van der Waals surface area (Å²) in [5.41, 5.74) is 6.56. The molecule has 1 aromatic rings. The van der Waals surface area contributed by atoms with Gasteiger partial charge in [0.1, 0.15) is 5.82 Å². The molecule has 1 atom stereocenters. The number of carbonyl (C=O) groups is 1. The van der Waals surface area contributed by atoms with Crippen molar-refractivity contribution in [3.8, 4) is 0 Å². The molecule has 0 aromatic carbocycles. The Hall–Kier alpha value is -1.62. The average molecular weight is 222 g/mol. The molecule has 0 radical (unpaired) electrons. The van der Waals surface area contributed by atoms with Gasteiger partial charge < -0.3 is 16.4 Å². The van der Waals surface area contributed by atoms with Crippen LogP contribution in [0.25, 0.3) is 0 Å². The second-order valence-corrected chi connectivity index (χ2v) is 3.70. The van der Waals surface area contributed by atoms with Gasteiger partial charge in [0.2, 0.25) is 5.91 Å². The van der Waals surface area contributed by atoms with Gasteiger partial charge in [0.05, 0.1) is 0 Å². The Kier molecular flexibility index (Phi) is 4.72. The molecule has 1 unspecified atom stereocenters. The van der Waals surface area contributed by atoms with Gasteiger partial charge in [0.25, 0.3) is 0 Å².